The normalized spacial score (nSPS) is 13.7. The molecule has 0 saturated carbocycles. The highest BCUT2D eigenvalue weighted by molar-refractivity contribution is 5.85. The van der Waals surface area contributed by atoms with E-state index in [9.17, 15) is 14.7 Å². The fourth-order valence-corrected chi connectivity index (χ4v) is 1.53. The highest BCUT2D eigenvalue weighted by atomic mass is 16.6. The predicted octanol–water partition coefficient (Wildman–Crippen LogP) is -0.0534. The molecule has 0 spiro atoms. The number of nitrogens with zero attached hydrogens (tertiary/aromatic N) is 1. The van der Waals surface area contributed by atoms with Gasteiger partial charge in [0.1, 0.15) is 0 Å². The van der Waals surface area contributed by atoms with Crippen molar-refractivity contribution in [3.05, 3.63) is 36.4 Å². The Hall–Kier alpha value is -2.51. The van der Waals surface area contributed by atoms with Gasteiger partial charge >= 0.3 is 11.9 Å². The monoisotopic (exact) mass is 277 g/mol. The SMILES string of the molecule is O=C(O)C(O)C(O)C(=O)Oc1ccc2ccccc2n1. The van der Waals surface area contributed by atoms with Crippen molar-refractivity contribution in [1.82, 2.24) is 4.98 Å². The van der Waals surface area contributed by atoms with Crippen molar-refractivity contribution in [3.8, 4) is 5.88 Å². The molecule has 1 heterocycles. The lowest BCUT2D eigenvalue weighted by molar-refractivity contribution is -0.164. The van der Waals surface area contributed by atoms with E-state index in [2.05, 4.69) is 4.98 Å². The summed E-state index contributed by atoms with van der Waals surface area (Å²) in [7, 11) is 0. The standard InChI is InChI=1S/C13H11NO6/c15-10(12(17)18)11(16)13(19)20-9-6-5-7-3-1-2-4-8(7)14-9/h1-6,10-11,15-16H,(H,17,18). The van der Waals surface area contributed by atoms with Crippen LogP contribution in [0.2, 0.25) is 0 Å². The van der Waals surface area contributed by atoms with Gasteiger partial charge in [0.05, 0.1) is 5.52 Å². The number of carboxylic acids is 1. The molecule has 2 atom stereocenters. The maximum absolute atomic E-state index is 11.5. The second-order valence-corrected chi connectivity index (χ2v) is 3.99. The molecule has 2 unspecified atom stereocenters. The number of aliphatic hydroxyl groups excluding tert-OH is 2. The van der Waals surface area contributed by atoms with Gasteiger partial charge in [-0.3, -0.25) is 0 Å². The molecule has 7 nitrogen and oxygen atoms in total. The summed E-state index contributed by atoms with van der Waals surface area (Å²) < 4.78 is 4.73. The number of carbonyl (C=O) groups excluding carboxylic acids is 1. The van der Waals surface area contributed by atoms with Crippen LogP contribution in [0.3, 0.4) is 0 Å². The van der Waals surface area contributed by atoms with E-state index >= 15 is 0 Å². The summed E-state index contributed by atoms with van der Waals surface area (Å²) >= 11 is 0. The van der Waals surface area contributed by atoms with Crippen LogP contribution in [-0.4, -0.2) is 44.5 Å². The van der Waals surface area contributed by atoms with Crippen molar-refractivity contribution in [3.63, 3.8) is 0 Å². The van der Waals surface area contributed by atoms with Crippen LogP contribution in [0.15, 0.2) is 36.4 Å². The molecule has 104 valence electrons. The van der Waals surface area contributed by atoms with Crippen LogP contribution >= 0.6 is 0 Å². The lowest BCUT2D eigenvalue weighted by Gasteiger charge is -2.12. The lowest BCUT2D eigenvalue weighted by atomic mass is 10.2. The van der Waals surface area contributed by atoms with Crippen molar-refractivity contribution in [2.24, 2.45) is 0 Å². The fraction of sp³-hybridized carbons (Fsp3) is 0.154. The van der Waals surface area contributed by atoms with Crippen molar-refractivity contribution >= 4 is 22.8 Å². The Morgan fingerprint density at radius 3 is 2.45 bits per heavy atom. The predicted molar refractivity (Wildman–Crippen MR) is 67.0 cm³/mol. The number of carboxylic acid groups (broad SMARTS) is 1. The Kier molecular flexibility index (Phi) is 3.92. The molecule has 1 aromatic carbocycles. The number of aliphatic hydroxyl groups is 2. The summed E-state index contributed by atoms with van der Waals surface area (Å²) in [5, 5.41) is 27.6. The molecular weight excluding hydrogens is 266 g/mol. The first-order valence-corrected chi connectivity index (χ1v) is 5.65. The molecule has 0 radical (unpaired) electrons. The summed E-state index contributed by atoms with van der Waals surface area (Å²) in [5.41, 5.74) is 0.575. The van der Waals surface area contributed by atoms with Crippen LogP contribution in [0, 0.1) is 0 Å². The van der Waals surface area contributed by atoms with E-state index in [-0.39, 0.29) is 5.88 Å². The molecule has 0 bridgehead atoms. The number of ether oxygens (including phenoxy) is 1. The number of aromatic nitrogens is 1. The summed E-state index contributed by atoms with van der Waals surface area (Å²) in [5.74, 6) is -3.10. The van der Waals surface area contributed by atoms with E-state index in [0.717, 1.165) is 5.39 Å². The number of esters is 1. The third-order valence-electron chi connectivity index (χ3n) is 2.57. The zero-order valence-corrected chi connectivity index (χ0v) is 10.1. The molecule has 0 aliphatic heterocycles. The van der Waals surface area contributed by atoms with E-state index < -0.39 is 24.1 Å². The topological polar surface area (TPSA) is 117 Å². The van der Waals surface area contributed by atoms with Gasteiger partial charge in [-0.05, 0) is 12.1 Å². The first kappa shape index (κ1) is 13.9. The molecule has 1 aromatic heterocycles. The minimum absolute atomic E-state index is 0.0923. The molecule has 20 heavy (non-hydrogen) atoms. The molecule has 0 aliphatic carbocycles. The molecule has 0 amide bonds. The Morgan fingerprint density at radius 2 is 1.75 bits per heavy atom. The first-order valence-electron chi connectivity index (χ1n) is 5.65. The van der Waals surface area contributed by atoms with Gasteiger partial charge in [-0.1, -0.05) is 18.2 Å². The second kappa shape index (κ2) is 5.64. The van der Waals surface area contributed by atoms with Crippen LogP contribution in [0.1, 0.15) is 0 Å². The van der Waals surface area contributed by atoms with E-state index in [1.54, 1.807) is 18.2 Å². The van der Waals surface area contributed by atoms with Gasteiger partial charge in [0, 0.05) is 11.5 Å². The molecule has 0 aliphatic rings. The zero-order valence-electron chi connectivity index (χ0n) is 10.1. The Labute approximate surface area is 113 Å². The Balaban J connectivity index is 2.15. The van der Waals surface area contributed by atoms with Gasteiger partial charge in [0.15, 0.2) is 12.2 Å². The number of rotatable bonds is 4. The molecular formula is C13H11NO6. The highest BCUT2D eigenvalue weighted by Gasteiger charge is 2.31. The van der Waals surface area contributed by atoms with Crippen LogP contribution in [-0.2, 0) is 9.59 Å². The van der Waals surface area contributed by atoms with Gasteiger partial charge < -0.3 is 20.1 Å². The average molecular weight is 277 g/mol. The van der Waals surface area contributed by atoms with Crippen LogP contribution in [0.4, 0.5) is 0 Å². The number of hydrogen-bond acceptors (Lipinski definition) is 6. The van der Waals surface area contributed by atoms with Crippen LogP contribution in [0.5, 0.6) is 5.88 Å². The number of hydrogen-bond donors (Lipinski definition) is 3. The van der Waals surface area contributed by atoms with Gasteiger partial charge in [0.2, 0.25) is 5.88 Å². The van der Waals surface area contributed by atoms with Crippen LogP contribution < -0.4 is 4.74 Å². The number of benzene rings is 1. The second-order valence-electron chi connectivity index (χ2n) is 3.99. The van der Waals surface area contributed by atoms with Crippen molar-refractivity contribution in [2.75, 3.05) is 0 Å². The first-order chi connectivity index (χ1) is 9.49. The van der Waals surface area contributed by atoms with E-state index in [0.29, 0.717) is 5.52 Å². The van der Waals surface area contributed by atoms with E-state index in [1.165, 1.54) is 6.07 Å². The minimum Gasteiger partial charge on any atom is -0.479 e. The van der Waals surface area contributed by atoms with Gasteiger partial charge in [0.25, 0.3) is 0 Å². The van der Waals surface area contributed by atoms with E-state index in [4.69, 9.17) is 14.9 Å². The number of aliphatic carboxylic acids is 1. The van der Waals surface area contributed by atoms with Crippen molar-refractivity contribution in [2.45, 2.75) is 12.2 Å². The summed E-state index contributed by atoms with van der Waals surface area (Å²) in [4.78, 5) is 25.9. The van der Waals surface area contributed by atoms with Crippen molar-refractivity contribution < 1.29 is 29.6 Å². The number of carbonyl (C=O) groups is 2. The number of pyridine rings is 1. The smallest absolute Gasteiger partial charge is 0.345 e. The van der Waals surface area contributed by atoms with Crippen LogP contribution in [0.25, 0.3) is 10.9 Å². The average Bonchev–Trinajstić information content (AvgIpc) is 2.45. The summed E-state index contributed by atoms with van der Waals surface area (Å²) in [6.45, 7) is 0. The Morgan fingerprint density at radius 1 is 1.05 bits per heavy atom. The minimum atomic E-state index is -2.25. The molecule has 2 rings (SSSR count). The number of fused-ring (bicyclic) bond motifs is 1. The van der Waals surface area contributed by atoms with Gasteiger partial charge in [-0.25, -0.2) is 14.6 Å². The molecule has 0 fully saturated rings. The van der Waals surface area contributed by atoms with Gasteiger partial charge in [-0.15, -0.1) is 0 Å². The largest absolute Gasteiger partial charge is 0.479 e. The fourth-order valence-electron chi connectivity index (χ4n) is 1.53. The molecule has 0 saturated heterocycles. The summed E-state index contributed by atoms with van der Waals surface area (Å²) in [6, 6.07) is 10.2. The zero-order chi connectivity index (χ0) is 14.7. The third-order valence-corrected chi connectivity index (χ3v) is 2.57. The summed E-state index contributed by atoms with van der Waals surface area (Å²) in [6.07, 6.45) is -4.43. The molecule has 3 N–H and O–H groups in total. The number of para-hydroxylation sites is 1. The third kappa shape index (κ3) is 2.90. The van der Waals surface area contributed by atoms with Crippen molar-refractivity contribution in [1.29, 1.82) is 0 Å². The van der Waals surface area contributed by atoms with E-state index in [1.807, 2.05) is 12.1 Å². The lowest BCUT2D eigenvalue weighted by Crippen LogP contribution is -2.41. The molecule has 7 heteroatoms. The highest BCUT2D eigenvalue weighted by Crippen LogP contribution is 2.16. The molecule has 2 aromatic rings. The van der Waals surface area contributed by atoms with Gasteiger partial charge in [-0.2, -0.15) is 0 Å². The maximum atomic E-state index is 11.5. The quantitative estimate of drug-likeness (QED) is 0.670. The maximum Gasteiger partial charge on any atom is 0.345 e. The Bertz CT molecular complexity index is 656.